The lowest BCUT2D eigenvalue weighted by atomic mass is 10.1. The highest BCUT2D eigenvalue weighted by molar-refractivity contribution is 5.90. The van der Waals surface area contributed by atoms with Crippen LogP contribution in [-0.4, -0.2) is 33.3 Å². The molecule has 4 nitrogen and oxygen atoms in total. The van der Waals surface area contributed by atoms with Crippen LogP contribution in [-0.2, 0) is 9.47 Å². The quantitative estimate of drug-likeness (QED) is 0.792. The van der Waals surface area contributed by atoms with Crippen molar-refractivity contribution < 1.29 is 18.7 Å². The fraction of sp³-hybridized carbons (Fsp3) is 0.462. The van der Waals surface area contributed by atoms with Crippen LogP contribution in [0.25, 0.3) is 0 Å². The summed E-state index contributed by atoms with van der Waals surface area (Å²) in [7, 11) is 2.87. The molecule has 1 aromatic rings. The van der Waals surface area contributed by atoms with Crippen LogP contribution in [0.1, 0.15) is 17.3 Å². The van der Waals surface area contributed by atoms with Gasteiger partial charge in [0, 0.05) is 19.3 Å². The molecule has 0 aliphatic rings. The van der Waals surface area contributed by atoms with Gasteiger partial charge in [-0.3, -0.25) is 0 Å². The van der Waals surface area contributed by atoms with E-state index in [2.05, 4.69) is 10.1 Å². The van der Waals surface area contributed by atoms with Crippen molar-refractivity contribution >= 4 is 11.7 Å². The largest absolute Gasteiger partial charge is 0.465 e. The maximum absolute atomic E-state index is 13.4. The average Bonchev–Trinajstić information content (AvgIpc) is 2.37. The molecule has 100 valence electrons. The van der Waals surface area contributed by atoms with Gasteiger partial charge in [-0.2, -0.15) is 0 Å². The molecule has 0 spiro atoms. The van der Waals surface area contributed by atoms with E-state index < -0.39 is 11.8 Å². The second-order valence-corrected chi connectivity index (χ2v) is 4.13. The van der Waals surface area contributed by atoms with Crippen molar-refractivity contribution in [2.45, 2.75) is 6.92 Å². The molecular formula is C13H18FNO3. The summed E-state index contributed by atoms with van der Waals surface area (Å²) in [4.78, 5) is 11.3. The van der Waals surface area contributed by atoms with E-state index in [0.29, 0.717) is 24.8 Å². The van der Waals surface area contributed by atoms with Gasteiger partial charge in [-0.15, -0.1) is 0 Å². The van der Waals surface area contributed by atoms with Gasteiger partial charge in [-0.05, 0) is 24.1 Å². The minimum absolute atomic E-state index is 0.0677. The molecular weight excluding hydrogens is 237 g/mol. The first-order valence-corrected chi connectivity index (χ1v) is 5.69. The molecule has 0 bridgehead atoms. The van der Waals surface area contributed by atoms with E-state index in [-0.39, 0.29) is 5.56 Å². The monoisotopic (exact) mass is 255 g/mol. The highest BCUT2D eigenvalue weighted by atomic mass is 19.1. The molecule has 18 heavy (non-hydrogen) atoms. The predicted molar refractivity (Wildman–Crippen MR) is 67.3 cm³/mol. The molecule has 1 unspecified atom stereocenters. The van der Waals surface area contributed by atoms with Crippen LogP contribution in [0.4, 0.5) is 10.1 Å². The van der Waals surface area contributed by atoms with Gasteiger partial charge in [0.1, 0.15) is 5.82 Å². The van der Waals surface area contributed by atoms with Crippen LogP contribution in [0.5, 0.6) is 0 Å². The molecule has 0 fully saturated rings. The number of methoxy groups -OCH3 is 2. The average molecular weight is 255 g/mol. The normalized spacial score (nSPS) is 12.0. The summed E-state index contributed by atoms with van der Waals surface area (Å²) < 4.78 is 22.9. The third-order valence-corrected chi connectivity index (χ3v) is 2.48. The summed E-state index contributed by atoms with van der Waals surface area (Å²) in [5.74, 6) is -0.944. The van der Waals surface area contributed by atoms with Crippen LogP contribution >= 0.6 is 0 Å². The van der Waals surface area contributed by atoms with Crippen LogP contribution in [0.2, 0.25) is 0 Å². The fourth-order valence-electron chi connectivity index (χ4n) is 1.54. The smallest absolute Gasteiger partial charge is 0.340 e. The molecule has 0 amide bonds. The number of anilines is 1. The Morgan fingerprint density at radius 1 is 1.44 bits per heavy atom. The molecule has 0 saturated heterocycles. The molecule has 0 aromatic heterocycles. The third-order valence-electron chi connectivity index (χ3n) is 2.48. The Morgan fingerprint density at radius 3 is 2.78 bits per heavy atom. The first-order valence-electron chi connectivity index (χ1n) is 5.69. The second-order valence-electron chi connectivity index (χ2n) is 4.13. The minimum Gasteiger partial charge on any atom is -0.465 e. The maximum Gasteiger partial charge on any atom is 0.340 e. The number of esters is 1. The summed E-state index contributed by atoms with van der Waals surface area (Å²) in [6.07, 6.45) is 0. The molecule has 0 aliphatic heterocycles. The zero-order valence-electron chi connectivity index (χ0n) is 10.8. The Kier molecular flexibility index (Phi) is 5.58. The van der Waals surface area contributed by atoms with Gasteiger partial charge in [0.15, 0.2) is 0 Å². The van der Waals surface area contributed by atoms with Gasteiger partial charge in [-0.1, -0.05) is 6.92 Å². The number of carbonyl (C=O) groups excluding carboxylic acids is 1. The highest BCUT2D eigenvalue weighted by Gasteiger charge is 2.12. The lowest BCUT2D eigenvalue weighted by Crippen LogP contribution is -2.16. The van der Waals surface area contributed by atoms with Gasteiger partial charge < -0.3 is 14.8 Å². The van der Waals surface area contributed by atoms with Gasteiger partial charge in [0.2, 0.25) is 0 Å². The fourth-order valence-corrected chi connectivity index (χ4v) is 1.54. The van der Waals surface area contributed by atoms with Gasteiger partial charge in [-0.25, -0.2) is 9.18 Å². The molecule has 0 saturated carbocycles. The van der Waals surface area contributed by atoms with Crippen molar-refractivity contribution in [1.82, 2.24) is 0 Å². The number of ether oxygens (including phenoxy) is 2. The third kappa shape index (κ3) is 4.00. The Hall–Kier alpha value is -1.62. The van der Waals surface area contributed by atoms with Crippen molar-refractivity contribution in [2.24, 2.45) is 5.92 Å². The molecule has 1 rings (SSSR count). The van der Waals surface area contributed by atoms with E-state index >= 15 is 0 Å². The number of benzene rings is 1. The van der Waals surface area contributed by atoms with Crippen LogP contribution in [0.15, 0.2) is 18.2 Å². The van der Waals surface area contributed by atoms with Crippen molar-refractivity contribution in [3.8, 4) is 0 Å². The standard InChI is InChI=1S/C13H18FNO3/c1-9(8-17-2)7-15-10-4-5-12(14)11(6-10)13(16)18-3/h4-6,9,15H,7-8H2,1-3H3. The van der Waals surface area contributed by atoms with Crippen molar-refractivity contribution in [3.63, 3.8) is 0 Å². The molecule has 0 heterocycles. The number of hydrogen-bond acceptors (Lipinski definition) is 4. The second kappa shape index (κ2) is 6.96. The molecule has 0 aliphatic carbocycles. The van der Waals surface area contributed by atoms with Gasteiger partial charge >= 0.3 is 5.97 Å². The van der Waals surface area contributed by atoms with Crippen LogP contribution in [0.3, 0.4) is 0 Å². The summed E-state index contributed by atoms with van der Waals surface area (Å²) in [6, 6.07) is 4.28. The summed E-state index contributed by atoms with van der Waals surface area (Å²) in [6.45, 7) is 3.35. The van der Waals surface area contributed by atoms with Gasteiger partial charge in [0.25, 0.3) is 0 Å². The van der Waals surface area contributed by atoms with E-state index in [9.17, 15) is 9.18 Å². The zero-order chi connectivity index (χ0) is 13.5. The van der Waals surface area contributed by atoms with E-state index in [1.807, 2.05) is 6.92 Å². The number of nitrogens with one attached hydrogen (secondary N) is 1. The van der Waals surface area contributed by atoms with Crippen molar-refractivity contribution in [3.05, 3.63) is 29.6 Å². The maximum atomic E-state index is 13.4. The predicted octanol–water partition coefficient (Wildman–Crippen LogP) is 2.31. The first kappa shape index (κ1) is 14.4. The van der Waals surface area contributed by atoms with E-state index in [4.69, 9.17) is 4.74 Å². The molecule has 1 aromatic carbocycles. The van der Waals surface area contributed by atoms with E-state index in [1.54, 1.807) is 13.2 Å². The summed E-state index contributed by atoms with van der Waals surface area (Å²) >= 11 is 0. The molecule has 1 N–H and O–H groups in total. The van der Waals surface area contributed by atoms with E-state index in [0.717, 1.165) is 0 Å². The lowest BCUT2D eigenvalue weighted by Gasteiger charge is -2.13. The topological polar surface area (TPSA) is 47.6 Å². The minimum atomic E-state index is -0.680. The van der Waals surface area contributed by atoms with Gasteiger partial charge in [0.05, 0.1) is 19.3 Å². The molecule has 5 heteroatoms. The SMILES string of the molecule is COCC(C)CNc1ccc(F)c(C(=O)OC)c1. The van der Waals surface area contributed by atoms with Crippen LogP contribution < -0.4 is 5.32 Å². The Morgan fingerprint density at radius 2 is 2.17 bits per heavy atom. The lowest BCUT2D eigenvalue weighted by molar-refractivity contribution is 0.0595. The van der Waals surface area contributed by atoms with Crippen LogP contribution in [0, 0.1) is 11.7 Å². The first-order chi connectivity index (χ1) is 8.58. The number of rotatable bonds is 6. The number of hydrogen-bond donors (Lipinski definition) is 1. The Balaban J connectivity index is 2.70. The van der Waals surface area contributed by atoms with Crippen molar-refractivity contribution in [1.29, 1.82) is 0 Å². The van der Waals surface area contributed by atoms with Crippen molar-refractivity contribution in [2.75, 3.05) is 32.7 Å². The molecule has 1 atom stereocenters. The Labute approximate surface area is 106 Å². The summed E-state index contributed by atoms with van der Waals surface area (Å²) in [5, 5.41) is 3.12. The highest BCUT2D eigenvalue weighted by Crippen LogP contribution is 2.16. The summed E-state index contributed by atoms with van der Waals surface area (Å²) in [5.41, 5.74) is 0.613. The number of halogens is 1. The molecule has 0 radical (unpaired) electrons. The zero-order valence-corrected chi connectivity index (χ0v) is 10.8. The number of carbonyl (C=O) groups is 1. The Bertz CT molecular complexity index is 409. The van der Waals surface area contributed by atoms with E-state index in [1.165, 1.54) is 19.2 Å².